The molecule has 1 atom stereocenters. The van der Waals surface area contributed by atoms with Crippen LogP contribution in [0.3, 0.4) is 0 Å². The van der Waals surface area contributed by atoms with Gasteiger partial charge in [-0.3, -0.25) is 9.69 Å². The van der Waals surface area contributed by atoms with Crippen molar-refractivity contribution in [2.24, 2.45) is 0 Å². The third-order valence-corrected chi connectivity index (χ3v) is 3.80. The van der Waals surface area contributed by atoms with Gasteiger partial charge in [0.25, 0.3) is 5.91 Å². The second-order valence-corrected chi connectivity index (χ2v) is 5.64. The molecule has 0 bridgehead atoms. The second-order valence-electron chi connectivity index (χ2n) is 5.64. The van der Waals surface area contributed by atoms with Crippen molar-refractivity contribution in [1.29, 1.82) is 0 Å². The van der Waals surface area contributed by atoms with Crippen LogP contribution in [0.15, 0.2) is 63.9 Å². The highest BCUT2D eigenvalue weighted by molar-refractivity contribution is 5.99. The number of hydrogen-bond acceptors (Lipinski definition) is 5. The summed E-state index contributed by atoms with van der Waals surface area (Å²) < 4.78 is 10.7. The predicted octanol–water partition coefficient (Wildman–Crippen LogP) is 2.97. The quantitative estimate of drug-likeness (QED) is 0.754. The molecule has 6 nitrogen and oxygen atoms in total. The Kier molecular flexibility index (Phi) is 4.77. The van der Waals surface area contributed by atoms with Crippen molar-refractivity contribution in [1.82, 2.24) is 15.4 Å². The third kappa shape index (κ3) is 3.38. The van der Waals surface area contributed by atoms with E-state index >= 15 is 0 Å². The Labute approximate surface area is 140 Å². The number of hydrogen-bond donors (Lipinski definition) is 1. The Morgan fingerprint density at radius 2 is 2.00 bits per heavy atom. The zero-order chi connectivity index (χ0) is 16.9. The van der Waals surface area contributed by atoms with Crippen molar-refractivity contribution in [2.45, 2.75) is 6.04 Å². The fourth-order valence-electron chi connectivity index (χ4n) is 2.50. The van der Waals surface area contributed by atoms with Gasteiger partial charge in [-0.2, -0.15) is 0 Å². The number of rotatable bonds is 6. The molecule has 3 aromatic rings. The number of furan rings is 1. The molecular formula is C18H19N3O3. The molecule has 24 heavy (non-hydrogen) atoms. The number of amides is 1. The van der Waals surface area contributed by atoms with Crippen LogP contribution in [0.1, 0.15) is 22.2 Å². The summed E-state index contributed by atoms with van der Waals surface area (Å²) in [6.07, 6.45) is 3.07. The molecule has 0 aliphatic rings. The van der Waals surface area contributed by atoms with Gasteiger partial charge in [0.05, 0.1) is 18.5 Å². The minimum absolute atomic E-state index is 0.0519. The molecule has 0 aliphatic carbocycles. The van der Waals surface area contributed by atoms with Gasteiger partial charge in [0.15, 0.2) is 5.76 Å². The number of carbonyl (C=O) groups excluding carboxylic acids is 1. The average Bonchev–Trinajstić information content (AvgIpc) is 3.27. The second kappa shape index (κ2) is 7.14. The van der Waals surface area contributed by atoms with Gasteiger partial charge in [0.2, 0.25) is 0 Å². The zero-order valence-electron chi connectivity index (χ0n) is 13.6. The minimum Gasteiger partial charge on any atom is -0.468 e. The maximum Gasteiger partial charge on any atom is 0.256 e. The smallest absolute Gasteiger partial charge is 0.256 e. The highest BCUT2D eigenvalue weighted by Gasteiger charge is 2.21. The van der Waals surface area contributed by atoms with Crippen LogP contribution in [0.4, 0.5) is 0 Å². The lowest BCUT2D eigenvalue weighted by atomic mass is 10.1. The van der Waals surface area contributed by atoms with E-state index in [0.717, 1.165) is 11.3 Å². The SMILES string of the molecule is CN(C)[C@@H](CNC(=O)c1cnoc1-c1ccccc1)c1ccco1. The fraction of sp³-hybridized carbons (Fsp3) is 0.222. The lowest BCUT2D eigenvalue weighted by Crippen LogP contribution is -2.34. The van der Waals surface area contributed by atoms with Gasteiger partial charge in [-0.05, 0) is 26.2 Å². The molecule has 0 unspecified atom stereocenters. The van der Waals surface area contributed by atoms with E-state index < -0.39 is 0 Å². The van der Waals surface area contributed by atoms with E-state index in [9.17, 15) is 4.79 Å². The van der Waals surface area contributed by atoms with Crippen LogP contribution in [0, 0.1) is 0 Å². The van der Waals surface area contributed by atoms with E-state index in [-0.39, 0.29) is 11.9 Å². The normalized spacial score (nSPS) is 12.3. The molecule has 1 N–H and O–H groups in total. The van der Waals surface area contributed by atoms with Gasteiger partial charge >= 0.3 is 0 Å². The molecule has 1 aromatic carbocycles. The first kappa shape index (κ1) is 16.0. The van der Waals surface area contributed by atoms with Crippen molar-refractivity contribution >= 4 is 5.91 Å². The first-order valence-corrected chi connectivity index (χ1v) is 7.65. The van der Waals surface area contributed by atoms with E-state index in [1.165, 1.54) is 6.20 Å². The Morgan fingerprint density at radius 3 is 2.67 bits per heavy atom. The maximum absolute atomic E-state index is 12.5. The van der Waals surface area contributed by atoms with Crippen LogP contribution >= 0.6 is 0 Å². The molecule has 0 radical (unpaired) electrons. The summed E-state index contributed by atoms with van der Waals surface area (Å²) in [6.45, 7) is 0.415. The number of carbonyl (C=O) groups is 1. The number of aromatic nitrogens is 1. The molecule has 1 amide bonds. The van der Waals surface area contributed by atoms with Crippen LogP contribution in [0.2, 0.25) is 0 Å². The summed E-state index contributed by atoms with van der Waals surface area (Å²) >= 11 is 0. The molecule has 0 spiro atoms. The molecule has 0 aliphatic heterocycles. The molecule has 2 heterocycles. The number of likely N-dealkylation sites (N-methyl/N-ethyl adjacent to an activating group) is 1. The van der Waals surface area contributed by atoms with E-state index in [1.54, 1.807) is 6.26 Å². The van der Waals surface area contributed by atoms with Gasteiger partial charge < -0.3 is 14.3 Å². The zero-order valence-corrected chi connectivity index (χ0v) is 13.6. The summed E-state index contributed by atoms with van der Waals surface area (Å²) in [5.41, 5.74) is 1.23. The van der Waals surface area contributed by atoms with Crippen molar-refractivity contribution < 1.29 is 13.7 Å². The number of benzene rings is 1. The van der Waals surface area contributed by atoms with Crippen molar-refractivity contribution in [3.63, 3.8) is 0 Å². The highest BCUT2D eigenvalue weighted by atomic mass is 16.5. The summed E-state index contributed by atoms with van der Waals surface area (Å²) in [7, 11) is 3.88. The van der Waals surface area contributed by atoms with Crippen LogP contribution in [0.25, 0.3) is 11.3 Å². The highest BCUT2D eigenvalue weighted by Crippen LogP contribution is 2.23. The predicted molar refractivity (Wildman–Crippen MR) is 89.4 cm³/mol. The minimum atomic E-state index is -0.228. The standard InChI is InChI=1S/C18H19N3O3/c1-21(2)15(16-9-6-10-23-16)12-19-18(22)14-11-20-24-17(14)13-7-4-3-5-8-13/h3-11,15H,12H2,1-2H3,(H,19,22)/t15-/m0/s1. The summed E-state index contributed by atoms with van der Waals surface area (Å²) in [5, 5.41) is 6.69. The first-order chi connectivity index (χ1) is 11.7. The molecule has 6 heteroatoms. The van der Waals surface area contributed by atoms with E-state index in [2.05, 4.69) is 10.5 Å². The number of nitrogens with one attached hydrogen (secondary N) is 1. The Hall–Kier alpha value is -2.86. The summed E-state index contributed by atoms with van der Waals surface area (Å²) in [5.74, 6) is 1.04. The summed E-state index contributed by atoms with van der Waals surface area (Å²) in [6, 6.07) is 13.1. The Balaban J connectivity index is 1.73. The molecule has 0 saturated heterocycles. The summed E-state index contributed by atoms with van der Waals surface area (Å²) in [4.78, 5) is 14.5. The van der Waals surface area contributed by atoms with Crippen LogP contribution in [-0.4, -0.2) is 36.6 Å². The molecule has 0 saturated carbocycles. The molecule has 2 aromatic heterocycles. The van der Waals surface area contributed by atoms with Gasteiger partial charge in [0.1, 0.15) is 11.3 Å². The number of nitrogens with zero attached hydrogens (tertiary/aromatic N) is 2. The van der Waals surface area contributed by atoms with Crippen molar-refractivity contribution in [2.75, 3.05) is 20.6 Å². The lowest BCUT2D eigenvalue weighted by Gasteiger charge is -2.22. The first-order valence-electron chi connectivity index (χ1n) is 7.65. The maximum atomic E-state index is 12.5. The van der Waals surface area contributed by atoms with Gasteiger partial charge in [0, 0.05) is 12.1 Å². The lowest BCUT2D eigenvalue weighted by molar-refractivity contribution is 0.0939. The van der Waals surface area contributed by atoms with Crippen LogP contribution in [-0.2, 0) is 0 Å². The van der Waals surface area contributed by atoms with Crippen molar-refractivity contribution in [3.8, 4) is 11.3 Å². The monoisotopic (exact) mass is 325 g/mol. The van der Waals surface area contributed by atoms with Crippen LogP contribution < -0.4 is 5.32 Å². The topological polar surface area (TPSA) is 71.5 Å². The molecular weight excluding hydrogens is 306 g/mol. The van der Waals surface area contributed by atoms with Gasteiger partial charge in [-0.15, -0.1) is 0 Å². The third-order valence-electron chi connectivity index (χ3n) is 3.80. The average molecular weight is 325 g/mol. The van der Waals surface area contributed by atoms with E-state index in [4.69, 9.17) is 8.94 Å². The fourth-order valence-corrected chi connectivity index (χ4v) is 2.50. The van der Waals surface area contributed by atoms with E-state index in [1.807, 2.05) is 61.5 Å². The largest absolute Gasteiger partial charge is 0.468 e. The van der Waals surface area contributed by atoms with Crippen molar-refractivity contribution in [3.05, 3.63) is 66.2 Å². The Bertz CT molecular complexity index is 779. The molecule has 0 fully saturated rings. The Morgan fingerprint density at radius 1 is 1.21 bits per heavy atom. The van der Waals surface area contributed by atoms with Gasteiger partial charge in [-0.1, -0.05) is 35.5 Å². The van der Waals surface area contributed by atoms with Gasteiger partial charge in [-0.25, -0.2) is 0 Å². The van der Waals surface area contributed by atoms with E-state index in [0.29, 0.717) is 17.9 Å². The van der Waals surface area contributed by atoms with Crippen LogP contribution in [0.5, 0.6) is 0 Å². The molecule has 3 rings (SSSR count). The molecule has 124 valence electrons.